The zero-order valence-electron chi connectivity index (χ0n) is 11.7. The van der Waals surface area contributed by atoms with E-state index in [0.717, 1.165) is 23.6 Å². The first-order valence-electron chi connectivity index (χ1n) is 6.24. The Balaban J connectivity index is 2.13. The number of benzene rings is 1. The summed E-state index contributed by atoms with van der Waals surface area (Å²) in [6.07, 6.45) is 1.04. The third kappa shape index (κ3) is 3.68. The van der Waals surface area contributed by atoms with Crippen molar-refractivity contribution < 1.29 is 18.7 Å². The Morgan fingerprint density at radius 2 is 2.00 bits per heavy atom. The van der Waals surface area contributed by atoms with Crippen LogP contribution in [0.15, 0.2) is 36.5 Å². The maximum absolute atomic E-state index is 13.2. The van der Waals surface area contributed by atoms with E-state index in [2.05, 4.69) is 15.0 Å². The molecule has 0 saturated carbocycles. The van der Waals surface area contributed by atoms with Crippen molar-refractivity contribution in [2.45, 2.75) is 6.54 Å². The number of aromatic nitrogens is 1. The third-order valence-electron chi connectivity index (χ3n) is 2.88. The lowest BCUT2D eigenvalue weighted by molar-refractivity contribution is 0.0601. The van der Waals surface area contributed by atoms with E-state index in [0.29, 0.717) is 6.54 Å². The molecule has 21 heavy (non-hydrogen) atoms. The number of rotatable bonds is 5. The summed E-state index contributed by atoms with van der Waals surface area (Å²) in [6, 6.07) is 8.52. The number of hydrogen-bond donors (Lipinski definition) is 1. The fourth-order valence-electron chi connectivity index (χ4n) is 1.77. The predicted octanol–water partition coefficient (Wildman–Crippen LogP) is 2.63. The summed E-state index contributed by atoms with van der Waals surface area (Å²) in [5.74, 6) is -0.197. The molecule has 1 aromatic carbocycles. The maximum Gasteiger partial charge on any atom is 0.341 e. The molecule has 0 aliphatic carbocycles. The Morgan fingerprint density at radius 1 is 1.29 bits per heavy atom. The third-order valence-corrected chi connectivity index (χ3v) is 2.88. The Bertz CT molecular complexity index is 629. The van der Waals surface area contributed by atoms with Crippen LogP contribution in [0.5, 0.6) is 5.75 Å². The molecule has 0 amide bonds. The highest BCUT2D eigenvalue weighted by Crippen LogP contribution is 2.17. The van der Waals surface area contributed by atoms with Crippen LogP contribution in [-0.2, 0) is 11.3 Å². The first kappa shape index (κ1) is 14.8. The maximum atomic E-state index is 13.2. The first-order valence-corrected chi connectivity index (χ1v) is 6.24. The van der Waals surface area contributed by atoms with Gasteiger partial charge in [0.05, 0.1) is 20.4 Å². The summed E-state index contributed by atoms with van der Waals surface area (Å²) in [5, 5.41) is 2.99. The minimum Gasteiger partial charge on any atom is -0.497 e. The minimum atomic E-state index is -0.640. The molecule has 0 fully saturated rings. The Morgan fingerprint density at radius 3 is 2.62 bits per heavy atom. The van der Waals surface area contributed by atoms with E-state index in [-0.39, 0.29) is 11.4 Å². The minimum absolute atomic E-state index is 0.0611. The number of hydrogen-bond acceptors (Lipinski definition) is 5. The number of carbonyl (C=O) groups excluding carboxylic acids is 1. The van der Waals surface area contributed by atoms with Crippen LogP contribution in [0.2, 0.25) is 0 Å². The zero-order valence-corrected chi connectivity index (χ0v) is 11.7. The topological polar surface area (TPSA) is 60.5 Å². The lowest BCUT2D eigenvalue weighted by Gasteiger charge is -2.10. The van der Waals surface area contributed by atoms with Crippen LogP contribution in [0.3, 0.4) is 0 Å². The van der Waals surface area contributed by atoms with Gasteiger partial charge in [-0.25, -0.2) is 14.2 Å². The second kappa shape index (κ2) is 6.69. The van der Waals surface area contributed by atoms with Crippen LogP contribution >= 0.6 is 0 Å². The summed E-state index contributed by atoms with van der Waals surface area (Å²) in [6.45, 7) is 0.437. The Kier molecular flexibility index (Phi) is 4.71. The number of esters is 1. The molecule has 0 spiro atoms. The van der Waals surface area contributed by atoms with Gasteiger partial charge in [-0.2, -0.15) is 0 Å². The number of nitrogens with zero attached hydrogens (tertiary/aromatic N) is 1. The second-order valence-corrected chi connectivity index (χ2v) is 4.24. The molecule has 0 unspecified atom stereocenters. The standard InChI is InChI=1S/C15H15FN2O3/c1-20-12-5-3-10(4-6-12)8-17-14-13(15(19)21-2)7-11(16)9-18-14/h3-7,9H,8H2,1-2H3,(H,17,18). The van der Waals surface area contributed by atoms with Crippen LogP contribution in [0, 0.1) is 5.82 Å². The predicted molar refractivity (Wildman–Crippen MR) is 75.9 cm³/mol. The van der Waals surface area contributed by atoms with Gasteiger partial charge in [0, 0.05) is 6.54 Å². The van der Waals surface area contributed by atoms with Gasteiger partial charge in [-0.1, -0.05) is 12.1 Å². The Labute approximate surface area is 121 Å². The highest BCUT2D eigenvalue weighted by atomic mass is 19.1. The molecule has 0 radical (unpaired) electrons. The number of pyridine rings is 1. The molecule has 2 aromatic rings. The average Bonchev–Trinajstić information content (AvgIpc) is 2.53. The van der Waals surface area contributed by atoms with Gasteiger partial charge in [-0.15, -0.1) is 0 Å². The smallest absolute Gasteiger partial charge is 0.341 e. The van der Waals surface area contributed by atoms with Gasteiger partial charge in [0.1, 0.15) is 22.9 Å². The van der Waals surface area contributed by atoms with Gasteiger partial charge in [-0.05, 0) is 23.8 Å². The number of methoxy groups -OCH3 is 2. The van der Waals surface area contributed by atoms with E-state index >= 15 is 0 Å². The summed E-state index contributed by atoms with van der Waals surface area (Å²) in [7, 11) is 2.83. The molecule has 5 nitrogen and oxygen atoms in total. The second-order valence-electron chi connectivity index (χ2n) is 4.24. The van der Waals surface area contributed by atoms with Crippen LogP contribution in [-0.4, -0.2) is 25.2 Å². The largest absolute Gasteiger partial charge is 0.497 e. The summed E-state index contributed by atoms with van der Waals surface area (Å²) in [5.41, 5.74) is 1.03. The van der Waals surface area contributed by atoms with Crippen molar-refractivity contribution >= 4 is 11.8 Å². The monoisotopic (exact) mass is 290 g/mol. The molecule has 0 aliphatic heterocycles. The summed E-state index contributed by atoms with van der Waals surface area (Å²) in [4.78, 5) is 15.5. The van der Waals surface area contributed by atoms with Crippen LogP contribution in [0.1, 0.15) is 15.9 Å². The van der Waals surface area contributed by atoms with Gasteiger partial charge >= 0.3 is 5.97 Å². The fourth-order valence-corrected chi connectivity index (χ4v) is 1.77. The van der Waals surface area contributed by atoms with Gasteiger partial charge in [0.2, 0.25) is 0 Å². The molecule has 6 heteroatoms. The molecule has 1 heterocycles. The van der Waals surface area contributed by atoms with Crippen LogP contribution in [0.25, 0.3) is 0 Å². The number of halogens is 1. The molecule has 0 saturated heterocycles. The van der Waals surface area contributed by atoms with Crippen molar-refractivity contribution in [2.24, 2.45) is 0 Å². The summed E-state index contributed by atoms with van der Waals surface area (Å²) >= 11 is 0. The van der Waals surface area contributed by atoms with Crippen LogP contribution in [0.4, 0.5) is 10.2 Å². The molecule has 0 bridgehead atoms. The Hall–Kier alpha value is -2.63. The fraction of sp³-hybridized carbons (Fsp3) is 0.200. The molecule has 1 N–H and O–H groups in total. The van der Waals surface area contributed by atoms with Crippen molar-refractivity contribution in [3.05, 3.63) is 53.5 Å². The zero-order chi connectivity index (χ0) is 15.2. The highest BCUT2D eigenvalue weighted by Gasteiger charge is 2.14. The number of nitrogens with one attached hydrogen (secondary N) is 1. The van der Waals surface area contributed by atoms with E-state index in [1.807, 2.05) is 24.3 Å². The van der Waals surface area contributed by atoms with E-state index < -0.39 is 11.8 Å². The number of ether oxygens (including phenoxy) is 2. The molecule has 2 rings (SSSR count). The van der Waals surface area contributed by atoms with E-state index in [4.69, 9.17) is 4.74 Å². The van der Waals surface area contributed by atoms with Gasteiger partial charge in [0.15, 0.2) is 0 Å². The van der Waals surface area contributed by atoms with E-state index in [9.17, 15) is 9.18 Å². The molecular formula is C15H15FN2O3. The lowest BCUT2D eigenvalue weighted by Crippen LogP contribution is -2.10. The van der Waals surface area contributed by atoms with Gasteiger partial charge < -0.3 is 14.8 Å². The van der Waals surface area contributed by atoms with Gasteiger partial charge in [0.25, 0.3) is 0 Å². The van der Waals surface area contributed by atoms with E-state index in [1.54, 1.807) is 7.11 Å². The van der Waals surface area contributed by atoms with Crippen molar-refractivity contribution in [3.63, 3.8) is 0 Å². The molecule has 0 aliphatic rings. The normalized spacial score (nSPS) is 10.0. The molecule has 0 atom stereocenters. The van der Waals surface area contributed by atoms with Crippen molar-refractivity contribution in [1.82, 2.24) is 4.98 Å². The number of anilines is 1. The number of carbonyl (C=O) groups is 1. The average molecular weight is 290 g/mol. The van der Waals surface area contributed by atoms with Crippen LogP contribution < -0.4 is 10.1 Å². The van der Waals surface area contributed by atoms with Crippen molar-refractivity contribution in [1.29, 1.82) is 0 Å². The SMILES string of the molecule is COC(=O)c1cc(F)cnc1NCc1ccc(OC)cc1. The molecule has 1 aromatic heterocycles. The van der Waals surface area contributed by atoms with Crippen molar-refractivity contribution in [3.8, 4) is 5.75 Å². The van der Waals surface area contributed by atoms with Crippen molar-refractivity contribution in [2.75, 3.05) is 19.5 Å². The first-order chi connectivity index (χ1) is 10.1. The lowest BCUT2D eigenvalue weighted by atomic mass is 10.2. The summed E-state index contributed by atoms with van der Waals surface area (Å²) < 4.78 is 22.9. The quantitative estimate of drug-likeness (QED) is 0.858. The van der Waals surface area contributed by atoms with E-state index in [1.165, 1.54) is 7.11 Å². The highest BCUT2D eigenvalue weighted by molar-refractivity contribution is 5.94. The van der Waals surface area contributed by atoms with Gasteiger partial charge in [-0.3, -0.25) is 0 Å². The molecular weight excluding hydrogens is 275 g/mol. The molecule has 110 valence electrons.